The zero-order chi connectivity index (χ0) is 13.1. The minimum Gasteiger partial charge on any atom is -0.459 e. The number of hydrogen-bond donors (Lipinski definition) is 1. The highest BCUT2D eigenvalue weighted by Crippen LogP contribution is 2.05. The van der Waals surface area contributed by atoms with Gasteiger partial charge in [-0.3, -0.25) is 9.59 Å². The Morgan fingerprint density at radius 3 is 2.83 bits per heavy atom. The van der Waals surface area contributed by atoms with Gasteiger partial charge in [-0.25, -0.2) is 10.9 Å². The number of nitrogens with two attached hydrogens (primary N) is 1. The van der Waals surface area contributed by atoms with Crippen LogP contribution in [-0.4, -0.2) is 27.0 Å². The van der Waals surface area contributed by atoms with Crippen molar-refractivity contribution < 1.29 is 18.5 Å². The van der Waals surface area contributed by atoms with E-state index in [1.165, 1.54) is 18.4 Å². The fourth-order valence-corrected chi connectivity index (χ4v) is 1.26. The van der Waals surface area contributed by atoms with E-state index in [0.29, 0.717) is 10.8 Å². The Labute approximate surface area is 101 Å². The summed E-state index contributed by atoms with van der Waals surface area (Å²) in [7, 11) is 0. The van der Waals surface area contributed by atoms with Crippen molar-refractivity contribution in [1.82, 2.24) is 15.1 Å². The Morgan fingerprint density at radius 2 is 2.28 bits per heavy atom. The number of amides is 2. The lowest BCUT2D eigenvalue weighted by molar-refractivity contribution is -0.128. The van der Waals surface area contributed by atoms with Gasteiger partial charge in [0.2, 0.25) is 5.89 Å². The molecule has 2 amide bonds. The van der Waals surface area contributed by atoms with Gasteiger partial charge in [0.15, 0.2) is 11.6 Å². The Bertz CT molecular complexity index is 560. The summed E-state index contributed by atoms with van der Waals surface area (Å²) < 4.78 is 9.60. The van der Waals surface area contributed by atoms with Crippen LogP contribution in [0.25, 0.3) is 0 Å². The number of rotatable bonds is 3. The van der Waals surface area contributed by atoms with Crippen LogP contribution in [0, 0.1) is 6.92 Å². The van der Waals surface area contributed by atoms with E-state index >= 15 is 0 Å². The van der Waals surface area contributed by atoms with E-state index in [9.17, 15) is 9.59 Å². The van der Waals surface area contributed by atoms with Gasteiger partial charge < -0.3 is 8.94 Å². The van der Waals surface area contributed by atoms with Crippen molar-refractivity contribution in [2.24, 2.45) is 5.84 Å². The molecule has 0 aliphatic carbocycles. The molecular weight excluding hydrogens is 240 g/mol. The van der Waals surface area contributed by atoms with Crippen molar-refractivity contribution in [1.29, 1.82) is 0 Å². The number of aromatic nitrogens is 2. The maximum absolute atomic E-state index is 11.7. The van der Waals surface area contributed by atoms with E-state index in [1.54, 1.807) is 6.92 Å². The Morgan fingerprint density at radius 1 is 1.50 bits per heavy atom. The molecule has 8 nitrogen and oxygen atoms in total. The molecule has 18 heavy (non-hydrogen) atoms. The van der Waals surface area contributed by atoms with Crippen molar-refractivity contribution in [3.05, 3.63) is 35.9 Å². The predicted octanol–water partition coefficient (Wildman–Crippen LogP) is 0.0562. The molecule has 0 bridgehead atoms. The van der Waals surface area contributed by atoms with E-state index in [2.05, 4.69) is 10.1 Å². The number of imide groups is 1. The molecule has 0 unspecified atom stereocenters. The number of aryl methyl sites for hydroxylation is 1. The first-order valence-electron chi connectivity index (χ1n) is 5.02. The maximum atomic E-state index is 11.7. The third-order valence-corrected chi connectivity index (χ3v) is 2.09. The zero-order valence-electron chi connectivity index (χ0n) is 9.49. The molecule has 0 atom stereocenters. The molecule has 0 saturated carbocycles. The molecule has 0 fully saturated rings. The number of carbonyl (C=O) groups excluding carboxylic acids is 2. The van der Waals surface area contributed by atoms with Gasteiger partial charge in [0.1, 0.15) is 6.42 Å². The van der Waals surface area contributed by atoms with Crippen LogP contribution in [0.3, 0.4) is 0 Å². The highest BCUT2D eigenvalue weighted by atomic mass is 16.5. The number of nitrogens with zero attached hydrogens (tertiary/aromatic N) is 3. The normalized spacial score (nSPS) is 10.3. The summed E-state index contributed by atoms with van der Waals surface area (Å²) in [6.07, 6.45) is 1.07. The molecule has 0 radical (unpaired) electrons. The van der Waals surface area contributed by atoms with Gasteiger partial charge in [-0.2, -0.15) is 4.98 Å². The second kappa shape index (κ2) is 4.80. The van der Waals surface area contributed by atoms with Crippen LogP contribution in [-0.2, 0) is 11.2 Å². The summed E-state index contributed by atoms with van der Waals surface area (Å²) in [6.45, 7) is 1.62. The molecule has 0 aliphatic heterocycles. The lowest BCUT2D eigenvalue weighted by Gasteiger charge is -2.11. The quantitative estimate of drug-likeness (QED) is 0.465. The molecule has 0 aliphatic rings. The van der Waals surface area contributed by atoms with Gasteiger partial charge in [-0.05, 0) is 19.1 Å². The first kappa shape index (κ1) is 12.0. The fourth-order valence-electron chi connectivity index (χ4n) is 1.26. The molecule has 0 spiro atoms. The smallest absolute Gasteiger partial charge is 0.310 e. The summed E-state index contributed by atoms with van der Waals surface area (Å²) in [5, 5.41) is 3.98. The summed E-state index contributed by atoms with van der Waals surface area (Å²) >= 11 is 0. The fraction of sp³-hybridized carbons (Fsp3) is 0.200. The monoisotopic (exact) mass is 250 g/mol. The number of furan rings is 1. The van der Waals surface area contributed by atoms with Crippen molar-refractivity contribution in [3.63, 3.8) is 0 Å². The van der Waals surface area contributed by atoms with Crippen LogP contribution in [0.5, 0.6) is 0 Å². The Balaban J connectivity index is 2.03. The maximum Gasteiger partial charge on any atom is 0.310 e. The zero-order valence-corrected chi connectivity index (χ0v) is 9.49. The van der Waals surface area contributed by atoms with Crippen LogP contribution < -0.4 is 5.84 Å². The molecule has 2 heterocycles. The lowest BCUT2D eigenvalue weighted by atomic mass is 10.3. The van der Waals surface area contributed by atoms with Gasteiger partial charge in [0.25, 0.3) is 5.91 Å². The van der Waals surface area contributed by atoms with Crippen LogP contribution in [0.1, 0.15) is 22.3 Å². The number of hydrazine groups is 1. The first-order valence-corrected chi connectivity index (χ1v) is 5.02. The van der Waals surface area contributed by atoms with Gasteiger partial charge in [-0.1, -0.05) is 5.16 Å². The molecule has 8 heteroatoms. The van der Waals surface area contributed by atoms with Gasteiger partial charge in [0, 0.05) is 0 Å². The summed E-state index contributed by atoms with van der Waals surface area (Å²) in [6, 6.07) is 2.93. The predicted molar refractivity (Wildman–Crippen MR) is 56.8 cm³/mol. The van der Waals surface area contributed by atoms with Gasteiger partial charge in [-0.15, -0.1) is 0 Å². The standard InChI is InChI=1S/C10H10N4O4/c1-6-12-8(18-13-6)5-9(15)14(11)10(16)7-3-2-4-17-7/h2-4H,5,11H2,1H3. The van der Waals surface area contributed by atoms with Gasteiger partial charge >= 0.3 is 5.91 Å². The summed E-state index contributed by atoms with van der Waals surface area (Å²) in [5.41, 5.74) is 0. The van der Waals surface area contributed by atoms with Crippen LogP contribution in [0.15, 0.2) is 27.3 Å². The minimum atomic E-state index is -0.735. The average molecular weight is 250 g/mol. The SMILES string of the molecule is Cc1noc(CC(=O)N(N)C(=O)c2ccco2)n1. The Hall–Kier alpha value is -2.48. The molecule has 94 valence electrons. The molecule has 2 rings (SSSR count). The topological polar surface area (TPSA) is 115 Å². The van der Waals surface area contributed by atoms with E-state index in [1.807, 2.05) is 0 Å². The largest absolute Gasteiger partial charge is 0.459 e. The van der Waals surface area contributed by atoms with Crippen LogP contribution in [0.4, 0.5) is 0 Å². The molecule has 2 aromatic heterocycles. The average Bonchev–Trinajstić information content (AvgIpc) is 2.98. The van der Waals surface area contributed by atoms with Gasteiger partial charge in [0.05, 0.1) is 6.26 Å². The second-order valence-corrected chi connectivity index (χ2v) is 3.46. The Kier molecular flexibility index (Phi) is 3.20. The molecular formula is C10H10N4O4. The first-order chi connectivity index (χ1) is 8.58. The van der Waals surface area contributed by atoms with Crippen molar-refractivity contribution in [2.75, 3.05) is 0 Å². The number of carbonyl (C=O) groups is 2. The van der Waals surface area contributed by atoms with E-state index in [-0.39, 0.29) is 18.1 Å². The second-order valence-electron chi connectivity index (χ2n) is 3.46. The highest BCUT2D eigenvalue weighted by Gasteiger charge is 2.23. The van der Waals surface area contributed by atoms with E-state index in [4.69, 9.17) is 14.8 Å². The van der Waals surface area contributed by atoms with Crippen molar-refractivity contribution in [2.45, 2.75) is 13.3 Å². The third kappa shape index (κ3) is 2.43. The molecule has 0 aromatic carbocycles. The third-order valence-electron chi connectivity index (χ3n) is 2.09. The highest BCUT2D eigenvalue weighted by molar-refractivity contribution is 6.02. The molecule has 0 saturated heterocycles. The van der Waals surface area contributed by atoms with E-state index in [0.717, 1.165) is 0 Å². The molecule has 2 N–H and O–H groups in total. The lowest BCUT2D eigenvalue weighted by Crippen LogP contribution is -2.43. The van der Waals surface area contributed by atoms with Crippen LogP contribution >= 0.6 is 0 Å². The number of hydrogen-bond acceptors (Lipinski definition) is 7. The molecule has 2 aromatic rings. The minimum absolute atomic E-state index is 0.0208. The summed E-state index contributed by atoms with van der Waals surface area (Å²) in [5.74, 6) is 4.47. The van der Waals surface area contributed by atoms with Crippen molar-refractivity contribution >= 4 is 11.8 Å². The van der Waals surface area contributed by atoms with Crippen LogP contribution in [0.2, 0.25) is 0 Å². The van der Waals surface area contributed by atoms with E-state index < -0.39 is 11.8 Å². The van der Waals surface area contributed by atoms with Crippen molar-refractivity contribution in [3.8, 4) is 0 Å². The summed E-state index contributed by atoms with van der Waals surface area (Å²) in [4.78, 5) is 27.2.